The number of nitriles is 2. The van der Waals surface area contributed by atoms with Gasteiger partial charge in [-0.25, -0.2) is 0 Å². The monoisotopic (exact) mass is 391 g/mol. The average molecular weight is 392 g/mol. The van der Waals surface area contributed by atoms with Gasteiger partial charge >= 0.3 is 0 Å². The van der Waals surface area contributed by atoms with Gasteiger partial charge in [-0.1, -0.05) is 13.8 Å². The summed E-state index contributed by atoms with van der Waals surface area (Å²) in [6.45, 7) is 4.69. The number of pyridine rings is 1. The van der Waals surface area contributed by atoms with E-state index in [9.17, 15) is 20.4 Å². The van der Waals surface area contributed by atoms with Crippen LogP contribution in [0.1, 0.15) is 74.8 Å². The quantitative estimate of drug-likeness (QED) is 0.707. The highest BCUT2D eigenvalue weighted by atomic mass is 16.3. The highest BCUT2D eigenvalue weighted by molar-refractivity contribution is 5.52. The van der Waals surface area contributed by atoms with Crippen LogP contribution in [-0.4, -0.2) is 16.2 Å². The number of nitrogens with one attached hydrogen (secondary N) is 1. The van der Waals surface area contributed by atoms with E-state index in [1.165, 1.54) is 6.42 Å². The number of aliphatic hydroxyl groups excluding tert-OH is 1. The van der Waals surface area contributed by atoms with E-state index >= 15 is 0 Å². The lowest BCUT2D eigenvalue weighted by Crippen LogP contribution is -2.55. The molecule has 3 saturated carbocycles. The number of H-pyrrole nitrogens is 1. The first-order valence-electron chi connectivity index (χ1n) is 11.1. The first-order valence-corrected chi connectivity index (χ1v) is 11.1. The Hall–Kier alpha value is -2.11. The Morgan fingerprint density at radius 1 is 1.00 bits per heavy atom. The lowest BCUT2D eigenvalue weighted by molar-refractivity contribution is -0.111. The number of aromatic nitrogens is 1. The fourth-order valence-electron chi connectivity index (χ4n) is 8.04. The molecule has 0 unspecified atom stereocenters. The van der Waals surface area contributed by atoms with Crippen molar-refractivity contribution in [2.45, 2.75) is 71.3 Å². The Bertz CT molecular complexity index is 1010. The second-order valence-corrected chi connectivity index (χ2v) is 10.6. The number of aliphatic hydroxyl groups is 1. The second-order valence-electron chi connectivity index (χ2n) is 10.6. The molecule has 4 aliphatic carbocycles. The lowest BCUT2D eigenvalue weighted by atomic mass is 9.45. The molecule has 1 heterocycles. The van der Waals surface area contributed by atoms with Gasteiger partial charge in [0.1, 0.15) is 17.7 Å². The molecule has 0 bridgehead atoms. The molecule has 1 aromatic heterocycles. The molecule has 0 amide bonds. The van der Waals surface area contributed by atoms with Crippen LogP contribution in [0.3, 0.4) is 0 Å². The van der Waals surface area contributed by atoms with E-state index in [0.717, 1.165) is 56.2 Å². The number of fused-ring (bicyclic) bond motifs is 6. The predicted octanol–water partition coefficient (Wildman–Crippen LogP) is 3.44. The normalized spacial score (nSPS) is 42.6. The van der Waals surface area contributed by atoms with Crippen LogP contribution in [0, 0.1) is 57.2 Å². The smallest absolute Gasteiger partial charge is 0.267 e. The van der Waals surface area contributed by atoms with Crippen molar-refractivity contribution < 1.29 is 5.11 Å². The first-order chi connectivity index (χ1) is 13.8. The summed E-state index contributed by atoms with van der Waals surface area (Å²) in [5.74, 6) is 2.32. The lowest BCUT2D eigenvalue weighted by Gasteiger charge is -2.60. The number of hydrogen-bond acceptors (Lipinski definition) is 4. The van der Waals surface area contributed by atoms with E-state index < -0.39 is 5.56 Å². The van der Waals surface area contributed by atoms with Crippen LogP contribution in [0.4, 0.5) is 0 Å². The van der Waals surface area contributed by atoms with Crippen molar-refractivity contribution in [1.82, 2.24) is 4.98 Å². The summed E-state index contributed by atoms with van der Waals surface area (Å²) in [4.78, 5) is 15.2. The molecule has 0 saturated heterocycles. The van der Waals surface area contributed by atoms with Gasteiger partial charge in [-0.3, -0.25) is 4.79 Å². The number of aromatic amines is 1. The van der Waals surface area contributed by atoms with Crippen molar-refractivity contribution in [1.29, 1.82) is 10.5 Å². The molecule has 0 radical (unpaired) electrons. The molecule has 7 atom stereocenters. The minimum Gasteiger partial charge on any atom is -0.393 e. The van der Waals surface area contributed by atoms with E-state index in [0.29, 0.717) is 29.2 Å². The summed E-state index contributed by atoms with van der Waals surface area (Å²) in [6, 6.07) is 4.13. The minimum absolute atomic E-state index is 0.0317. The molecule has 2 N–H and O–H groups in total. The zero-order valence-electron chi connectivity index (χ0n) is 17.3. The fraction of sp³-hybridized carbons (Fsp3) is 0.708. The molecular weight excluding hydrogens is 362 g/mol. The minimum atomic E-state index is -0.423. The highest BCUT2D eigenvalue weighted by Crippen LogP contribution is 2.65. The number of rotatable bonds is 0. The standard InChI is InChI=1S/C24H29N3O2/c1-23-8-7-19-14(18(23)5-6-21(23)28)4-3-13-9-20-15(10-24(13,19)2)16(11-25)17(12-26)22(29)27-20/h13-14,18-19,21,28H,3-10H2,1-2H3,(H,27,29)/t13-,14-,18-,19+,21+,23+,24+/m1/s1. The number of hydrogen-bond donors (Lipinski definition) is 2. The van der Waals surface area contributed by atoms with Crippen LogP contribution >= 0.6 is 0 Å². The van der Waals surface area contributed by atoms with Crippen molar-refractivity contribution in [3.8, 4) is 12.1 Å². The van der Waals surface area contributed by atoms with Crippen molar-refractivity contribution in [2.24, 2.45) is 34.5 Å². The zero-order valence-corrected chi connectivity index (χ0v) is 17.3. The van der Waals surface area contributed by atoms with E-state index in [-0.39, 0.29) is 22.5 Å². The van der Waals surface area contributed by atoms with Crippen LogP contribution in [0.25, 0.3) is 0 Å². The fourth-order valence-corrected chi connectivity index (χ4v) is 8.04. The van der Waals surface area contributed by atoms with Gasteiger partial charge in [0.2, 0.25) is 0 Å². The predicted molar refractivity (Wildman–Crippen MR) is 108 cm³/mol. The van der Waals surface area contributed by atoms with E-state index in [4.69, 9.17) is 0 Å². The van der Waals surface area contributed by atoms with Crippen LogP contribution in [0.2, 0.25) is 0 Å². The Morgan fingerprint density at radius 2 is 1.72 bits per heavy atom. The van der Waals surface area contributed by atoms with Crippen molar-refractivity contribution in [3.05, 3.63) is 32.7 Å². The molecule has 0 aliphatic heterocycles. The Balaban J connectivity index is 1.57. The molecule has 5 heteroatoms. The van der Waals surface area contributed by atoms with Crippen LogP contribution in [0.5, 0.6) is 0 Å². The topological polar surface area (TPSA) is 101 Å². The average Bonchev–Trinajstić information content (AvgIpc) is 3.00. The third kappa shape index (κ3) is 2.37. The van der Waals surface area contributed by atoms with Gasteiger partial charge in [0, 0.05) is 5.69 Å². The highest BCUT2D eigenvalue weighted by Gasteiger charge is 2.60. The molecule has 5 rings (SSSR count). The van der Waals surface area contributed by atoms with E-state index in [2.05, 4.69) is 24.9 Å². The van der Waals surface area contributed by atoms with Crippen molar-refractivity contribution in [2.75, 3.05) is 0 Å². The summed E-state index contributed by atoms with van der Waals surface area (Å²) in [5.41, 5.74) is 1.77. The first kappa shape index (κ1) is 18.9. The molecule has 5 nitrogen and oxygen atoms in total. The molecule has 1 aromatic rings. The summed E-state index contributed by atoms with van der Waals surface area (Å²) in [6.07, 6.45) is 8.03. The van der Waals surface area contributed by atoms with E-state index in [1.54, 1.807) is 0 Å². The van der Waals surface area contributed by atoms with Gasteiger partial charge in [-0.05, 0) is 91.4 Å². The molecule has 0 spiro atoms. The zero-order chi connectivity index (χ0) is 20.6. The van der Waals surface area contributed by atoms with Gasteiger partial charge in [0.25, 0.3) is 5.56 Å². The molecule has 29 heavy (non-hydrogen) atoms. The van der Waals surface area contributed by atoms with Gasteiger partial charge in [-0.15, -0.1) is 0 Å². The maximum Gasteiger partial charge on any atom is 0.267 e. The molecule has 0 aromatic carbocycles. The summed E-state index contributed by atoms with van der Waals surface area (Å²) >= 11 is 0. The molecule has 3 fully saturated rings. The molecular formula is C24H29N3O2. The largest absolute Gasteiger partial charge is 0.393 e. The van der Waals surface area contributed by atoms with Gasteiger partial charge < -0.3 is 10.1 Å². The van der Waals surface area contributed by atoms with Gasteiger partial charge in [-0.2, -0.15) is 10.5 Å². The summed E-state index contributed by atoms with van der Waals surface area (Å²) in [7, 11) is 0. The van der Waals surface area contributed by atoms with Crippen LogP contribution < -0.4 is 5.56 Å². The van der Waals surface area contributed by atoms with Crippen LogP contribution in [-0.2, 0) is 12.8 Å². The Labute approximate surface area is 171 Å². The van der Waals surface area contributed by atoms with Crippen molar-refractivity contribution in [3.63, 3.8) is 0 Å². The second kappa shape index (κ2) is 6.19. The third-order valence-electron chi connectivity index (χ3n) is 9.65. The SMILES string of the molecule is C[C@]12CC[C@H]3[C@H](CC[C@@H]4Cc5[nH]c(=O)c(C#N)c(C#N)c5C[C@@]43C)[C@H]1CC[C@@H]2O. The Morgan fingerprint density at radius 3 is 2.45 bits per heavy atom. The summed E-state index contributed by atoms with van der Waals surface area (Å²) in [5, 5.41) is 29.8. The van der Waals surface area contributed by atoms with Gasteiger partial charge in [0.15, 0.2) is 0 Å². The molecule has 4 aliphatic rings. The summed E-state index contributed by atoms with van der Waals surface area (Å²) < 4.78 is 0. The maximum absolute atomic E-state index is 12.3. The number of nitrogens with zero attached hydrogens (tertiary/aromatic N) is 2. The van der Waals surface area contributed by atoms with E-state index in [1.807, 2.05) is 6.07 Å². The molecule has 152 valence electrons. The van der Waals surface area contributed by atoms with Crippen LogP contribution in [0.15, 0.2) is 4.79 Å². The van der Waals surface area contributed by atoms with Crippen molar-refractivity contribution >= 4 is 0 Å². The maximum atomic E-state index is 12.3. The third-order valence-corrected chi connectivity index (χ3v) is 9.65. The van der Waals surface area contributed by atoms with Gasteiger partial charge in [0.05, 0.1) is 11.7 Å². The Kier molecular flexibility index (Phi) is 4.03.